The number of carboxylic acid groups (broad SMARTS) is 1. The fraction of sp³-hybridized carbons (Fsp3) is 0.700. The highest BCUT2D eigenvalue weighted by atomic mass is 32.1. The third kappa shape index (κ3) is 6.64. The maximum Gasteiger partial charge on any atom is 0.490 e. The zero-order chi connectivity index (χ0) is 22.6. The molecule has 4 rings (SSSR count). The van der Waals surface area contributed by atoms with E-state index in [2.05, 4.69) is 24.0 Å². The largest absolute Gasteiger partial charge is 0.490 e. The minimum absolute atomic E-state index is 0.0813. The van der Waals surface area contributed by atoms with E-state index in [-0.39, 0.29) is 12.0 Å². The van der Waals surface area contributed by atoms with Gasteiger partial charge < -0.3 is 9.84 Å². The van der Waals surface area contributed by atoms with Crippen LogP contribution in [0.3, 0.4) is 0 Å². The molecule has 0 bridgehead atoms. The zero-order valence-corrected chi connectivity index (χ0v) is 18.1. The number of carboxylic acids is 1. The van der Waals surface area contributed by atoms with Crippen molar-refractivity contribution in [2.45, 2.75) is 45.0 Å². The molecule has 3 aliphatic heterocycles. The number of hydrogen-bond acceptors (Lipinski definition) is 6. The average Bonchev–Trinajstić information content (AvgIpc) is 3.43. The van der Waals surface area contributed by atoms with Gasteiger partial charge in [0.2, 0.25) is 5.91 Å². The lowest BCUT2D eigenvalue weighted by molar-refractivity contribution is -0.192. The van der Waals surface area contributed by atoms with E-state index in [1.807, 2.05) is 11.3 Å². The van der Waals surface area contributed by atoms with Gasteiger partial charge in [-0.15, -0.1) is 11.3 Å². The van der Waals surface area contributed by atoms with Gasteiger partial charge in [-0.3, -0.25) is 14.5 Å². The van der Waals surface area contributed by atoms with E-state index in [0.29, 0.717) is 24.9 Å². The minimum atomic E-state index is -5.08. The van der Waals surface area contributed by atoms with Crippen molar-refractivity contribution in [1.82, 2.24) is 9.96 Å². The standard InChI is InChI=1S/C18H26N2O3S.C2HF3O2/c1-13-3-4-15(24-13)11-19-7-5-16-14(10-19)12-22-17(16)9-18(21)20-6-2-8-23-20;3-2(4,5)1(6)7/h3-4,14,16-17H,2,5-12H2,1H3;(H,6,7)/t14-,16-,17+;/m1./s1. The maximum absolute atomic E-state index is 12.3. The number of ether oxygens (including phenoxy) is 1. The van der Waals surface area contributed by atoms with Gasteiger partial charge >= 0.3 is 12.1 Å². The second kappa shape index (κ2) is 10.3. The van der Waals surface area contributed by atoms with Crippen LogP contribution in [0.4, 0.5) is 13.2 Å². The van der Waals surface area contributed by atoms with E-state index in [0.717, 1.165) is 45.6 Å². The van der Waals surface area contributed by atoms with E-state index in [1.54, 1.807) is 0 Å². The van der Waals surface area contributed by atoms with E-state index in [9.17, 15) is 18.0 Å². The van der Waals surface area contributed by atoms with Crippen molar-refractivity contribution >= 4 is 23.2 Å². The van der Waals surface area contributed by atoms with E-state index in [1.165, 1.54) is 14.8 Å². The molecule has 0 spiro atoms. The van der Waals surface area contributed by atoms with Crippen LogP contribution in [0.2, 0.25) is 0 Å². The number of fused-ring (bicyclic) bond motifs is 1. The number of hydrogen-bond donors (Lipinski definition) is 1. The lowest BCUT2D eigenvalue weighted by Gasteiger charge is -2.35. The molecule has 11 heteroatoms. The monoisotopic (exact) mass is 464 g/mol. The van der Waals surface area contributed by atoms with Crippen LogP contribution in [-0.4, -0.2) is 72.1 Å². The van der Waals surface area contributed by atoms with Gasteiger partial charge in [-0.05, 0) is 44.4 Å². The summed E-state index contributed by atoms with van der Waals surface area (Å²) in [5.74, 6) is -1.57. The van der Waals surface area contributed by atoms with Crippen LogP contribution in [0, 0.1) is 18.8 Å². The van der Waals surface area contributed by atoms with Crippen LogP contribution in [0.1, 0.15) is 29.0 Å². The number of likely N-dealkylation sites (tertiary alicyclic amines) is 1. The molecular weight excluding hydrogens is 437 g/mol. The number of carbonyl (C=O) groups is 2. The van der Waals surface area contributed by atoms with Crippen LogP contribution in [0.5, 0.6) is 0 Å². The Hall–Kier alpha value is -1.69. The first-order chi connectivity index (χ1) is 14.6. The summed E-state index contributed by atoms with van der Waals surface area (Å²) in [6.45, 7) is 7.60. The molecule has 31 heavy (non-hydrogen) atoms. The predicted molar refractivity (Wildman–Crippen MR) is 106 cm³/mol. The smallest absolute Gasteiger partial charge is 0.475 e. The molecule has 3 saturated heterocycles. The van der Waals surface area contributed by atoms with Crippen LogP contribution in [0.15, 0.2) is 12.1 Å². The number of amides is 1. The Bertz CT molecular complexity index is 766. The van der Waals surface area contributed by atoms with Gasteiger partial charge in [0, 0.05) is 28.8 Å². The van der Waals surface area contributed by atoms with Crippen LogP contribution >= 0.6 is 11.3 Å². The maximum atomic E-state index is 12.3. The Labute approximate surface area is 182 Å². The molecule has 0 unspecified atom stereocenters. The molecule has 0 radical (unpaired) electrons. The van der Waals surface area contributed by atoms with Crippen molar-refractivity contribution in [1.29, 1.82) is 0 Å². The number of thiophene rings is 1. The lowest BCUT2D eigenvalue weighted by Crippen LogP contribution is -2.41. The number of alkyl halides is 3. The third-order valence-corrected chi connectivity index (χ3v) is 6.69. The molecule has 4 heterocycles. The third-order valence-electron chi connectivity index (χ3n) is 5.70. The molecule has 1 aromatic rings. The number of piperidine rings is 1. The molecule has 3 fully saturated rings. The Morgan fingerprint density at radius 3 is 2.61 bits per heavy atom. The first-order valence-electron chi connectivity index (χ1n) is 10.3. The summed E-state index contributed by atoms with van der Waals surface area (Å²) in [7, 11) is 0. The van der Waals surface area contributed by atoms with E-state index in [4.69, 9.17) is 19.5 Å². The number of hydroxylamine groups is 2. The fourth-order valence-corrected chi connectivity index (χ4v) is 5.16. The van der Waals surface area contributed by atoms with Gasteiger partial charge in [-0.1, -0.05) is 0 Å². The van der Waals surface area contributed by atoms with Crippen molar-refractivity contribution in [3.8, 4) is 0 Å². The normalized spacial score (nSPS) is 26.3. The van der Waals surface area contributed by atoms with Gasteiger partial charge in [-0.25, -0.2) is 9.86 Å². The molecule has 1 aromatic heterocycles. The highest BCUT2D eigenvalue weighted by Gasteiger charge is 2.42. The van der Waals surface area contributed by atoms with E-state index < -0.39 is 12.1 Å². The first kappa shape index (κ1) is 24.0. The number of aliphatic carboxylic acids is 1. The summed E-state index contributed by atoms with van der Waals surface area (Å²) in [5.41, 5.74) is 0. The Balaban J connectivity index is 0.000000339. The SMILES string of the molecule is Cc1ccc(CN2CC[C@@H]3[C@@H](CO[C@H]3CC(=O)N3CCCO3)C2)s1.O=C(O)C(F)(F)F. The molecule has 3 aliphatic rings. The average molecular weight is 465 g/mol. The summed E-state index contributed by atoms with van der Waals surface area (Å²) in [6, 6.07) is 4.45. The molecule has 174 valence electrons. The van der Waals surface area contributed by atoms with Crippen LogP contribution < -0.4 is 0 Å². The molecule has 0 saturated carbocycles. The highest BCUT2D eigenvalue weighted by Crippen LogP contribution is 2.37. The predicted octanol–water partition coefficient (Wildman–Crippen LogP) is 3.08. The first-order valence-corrected chi connectivity index (χ1v) is 11.1. The quantitative estimate of drug-likeness (QED) is 0.738. The summed E-state index contributed by atoms with van der Waals surface area (Å²) in [5, 5.41) is 8.66. The van der Waals surface area contributed by atoms with Crippen molar-refractivity contribution in [3.63, 3.8) is 0 Å². The van der Waals surface area contributed by atoms with Crippen molar-refractivity contribution in [2.75, 3.05) is 32.8 Å². The van der Waals surface area contributed by atoms with Gasteiger partial charge in [-0.2, -0.15) is 13.2 Å². The summed E-state index contributed by atoms with van der Waals surface area (Å²) < 4.78 is 37.7. The van der Waals surface area contributed by atoms with Crippen molar-refractivity contribution in [3.05, 3.63) is 21.9 Å². The summed E-state index contributed by atoms with van der Waals surface area (Å²) in [4.78, 5) is 31.9. The Morgan fingerprint density at radius 1 is 1.29 bits per heavy atom. The molecule has 3 atom stereocenters. The minimum Gasteiger partial charge on any atom is -0.475 e. The number of halogens is 3. The molecule has 7 nitrogen and oxygen atoms in total. The van der Waals surface area contributed by atoms with Gasteiger partial charge in [0.15, 0.2) is 0 Å². The summed E-state index contributed by atoms with van der Waals surface area (Å²) >= 11 is 1.89. The van der Waals surface area contributed by atoms with Crippen molar-refractivity contribution in [2.24, 2.45) is 11.8 Å². The van der Waals surface area contributed by atoms with E-state index >= 15 is 0 Å². The molecule has 0 aliphatic carbocycles. The van der Waals surface area contributed by atoms with Gasteiger partial charge in [0.25, 0.3) is 0 Å². The topological polar surface area (TPSA) is 79.3 Å². The molecule has 0 aromatic carbocycles. The molecule has 1 amide bonds. The van der Waals surface area contributed by atoms with Gasteiger partial charge in [0.1, 0.15) is 0 Å². The number of aryl methyl sites for hydroxylation is 1. The zero-order valence-electron chi connectivity index (χ0n) is 17.3. The van der Waals surface area contributed by atoms with Crippen LogP contribution in [0.25, 0.3) is 0 Å². The number of nitrogens with zero attached hydrogens (tertiary/aromatic N) is 2. The molecular formula is C20H27F3N2O5S. The fourth-order valence-electron chi connectivity index (χ4n) is 4.22. The van der Waals surface area contributed by atoms with Crippen molar-refractivity contribution < 1.29 is 37.4 Å². The number of rotatable bonds is 4. The lowest BCUT2D eigenvalue weighted by atomic mass is 9.83. The molecule has 1 N–H and O–H groups in total. The Morgan fingerprint density at radius 2 is 2.03 bits per heavy atom. The second-order valence-electron chi connectivity index (χ2n) is 8.02. The van der Waals surface area contributed by atoms with Crippen LogP contribution in [-0.2, 0) is 25.7 Å². The Kier molecular flexibility index (Phi) is 7.95. The number of carbonyl (C=O) groups excluding carboxylic acids is 1. The highest BCUT2D eigenvalue weighted by molar-refractivity contribution is 7.11. The summed E-state index contributed by atoms with van der Waals surface area (Å²) in [6.07, 6.45) is -2.45. The van der Waals surface area contributed by atoms with Gasteiger partial charge in [0.05, 0.1) is 32.3 Å². The second-order valence-corrected chi connectivity index (χ2v) is 9.39.